The van der Waals surface area contributed by atoms with Crippen LogP contribution < -0.4 is 0 Å². The van der Waals surface area contributed by atoms with Crippen molar-refractivity contribution in [3.05, 3.63) is 35.6 Å². The van der Waals surface area contributed by atoms with E-state index in [9.17, 15) is 9.18 Å². The number of nitrogens with zero attached hydrogens (tertiary/aromatic N) is 1. The number of hydrogen-bond donors (Lipinski definition) is 0. The molecule has 2 atom stereocenters. The molecular formula is C13H16FNO2. The summed E-state index contributed by atoms with van der Waals surface area (Å²) in [5.74, 6) is -0.516. The van der Waals surface area contributed by atoms with E-state index in [1.165, 1.54) is 12.1 Å². The molecule has 4 heteroatoms. The molecule has 1 fully saturated rings. The molecule has 1 saturated heterocycles. The minimum Gasteiger partial charge on any atom is -0.377 e. The number of morpholine rings is 1. The number of amides is 1. The third-order valence-electron chi connectivity index (χ3n) is 2.97. The normalized spacial score (nSPS) is 24.8. The fourth-order valence-electron chi connectivity index (χ4n) is 2.18. The van der Waals surface area contributed by atoms with Gasteiger partial charge in [-0.15, -0.1) is 0 Å². The number of benzene rings is 1. The highest BCUT2D eigenvalue weighted by Crippen LogP contribution is 2.17. The Labute approximate surface area is 100 Å². The maximum atomic E-state index is 13.1. The van der Waals surface area contributed by atoms with Gasteiger partial charge in [0.15, 0.2) is 0 Å². The summed E-state index contributed by atoms with van der Waals surface area (Å²) in [7, 11) is 0. The lowest BCUT2D eigenvalue weighted by Crippen LogP contribution is -2.52. The fourth-order valence-corrected chi connectivity index (χ4v) is 2.18. The minimum absolute atomic E-state index is 0.0227. The van der Waals surface area contributed by atoms with E-state index < -0.39 is 0 Å². The van der Waals surface area contributed by atoms with E-state index in [1.807, 2.05) is 13.8 Å². The summed E-state index contributed by atoms with van der Waals surface area (Å²) in [5.41, 5.74) is 0.394. The second-order valence-electron chi connectivity index (χ2n) is 4.46. The predicted molar refractivity (Wildman–Crippen MR) is 62.3 cm³/mol. The number of carbonyl (C=O) groups is 1. The van der Waals surface area contributed by atoms with Crippen LogP contribution in [-0.4, -0.2) is 36.1 Å². The van der Waals surface area contributed by atoms with Crippen molar-refractivity contribution in [2.75, 3.05) is 13.2 Å². The molecule has 0 aliphatic carbocycles. The highest BCUT2D eigenvalue weighted by molar-refractivity contribution is 5.94. The zero-order valence-corrected chi connectivity index (χ0v) is 10.0. The zero-order chi connectivity index (χ0) is 12.4. The first-order chi connectivity index (χ1) is 8.09. The summed E-state index contributed by atoms with van der Waals surface area (Å²) in [6, 6.07) is 5.85. The van der Waals surface area contributed by atoms with Crippen LogP contribution in [0.15, 0.2) is 24.3 Å². The van der Waals surface area contributed by atoms with Crippen molar-refractivity contribution >= 4 is 5.91 Å². The number of hydrogen-bond acceptors (Lipinski definition) is 2. The second kappa shape index (κ2) is 4.84. The highest BCUT2D eigenvalue weighted by Gasteiger charge is 2.30. The molecule has 0 saturated carbocycles. The van der Waals surface area contributed by atoms with Gasteiger partial charge in [0.2, 0.25) is 0 Å². The molecule has 1 amide bonds. The van der Waals surface area contributed by atoms with E-state index in [2.05, 4.69) is 0 Å². The predicted octanol–water partition coefficient (Wildman–Crippen LogP) is 2.08. The Morgan fingerprint density at radius 2 is 2.00 bits per heavy atom. The van der Waals surface area contributed by atoms with E-state index in [0.29, 0.717) is 18.8 Å². The van der Waals surface area contributed by atoms with Crippen molar-refractivity contribution in [3.63, 3.8) is 0 Å². The average molecular weight is 237 g/mol. The first-order valence-electron chi connectivity index (χ1n) is 5.75. The molecule has 3 nitrogen and oxygen atoms in total. The topological polar surface area (TPSA) is 29.5 Å². The molecule has 0 spiro atoms. The van der Waals surface area contributed by atoms with E-state index in [-0.39, 0.29) is 23.8 Å². The van der Waals surface area contributed by atoms with Crippen molar-refractivity contribution < 1.29 is 13.9 Å². The molecule has 0 radical (unpaired) electrons. The van der Waals surface area contributed by atoms with Gasteiger partial charge in [0.25, 0.3) is 5.91 Å². The Balaban J connectivity index is 2.24. The third kappa shape index (κ3) is 2.47. The number of rotatable bonds is 1. The molecule has 0 bridgehead atoms. The van der Waals surface area contributed by atoms with Gasteiger partial charge in [0, 0.05) is 5.56 Å². The fraction of sp³-hybridized carbons (Fsp3) is 0.462. The molecule has 1 aliphatic heterocycles. The molecule has 1 aromatic rings. The standard InChI is InChI=1S/C13H16FNO2/c1-9-7-17-8-10(2)15(9)13(16)11-4-3-5-12(14)6-11/h3-6,9-10H,7-8H2,1-2H3/t9-,10+. The van der Waals surface area contributed by atoms with Gasteiger partial charge < -0.3 is 9.64 Å². The van der Waals surface area contributed by atoms with Gasteiger partial charge in [-0.2, -0.15) is 0 Å². The van der Waals surface area contributed by atoms with E-state index in [4.69, 9.17) is 4.74 Å². The molecule has 1 heterocycles. The summed E-state index contributed by atoms with van der Waals surface area (Å²) in [6.07, 6.45) is 0. The van der Waals surface area contributed by atoms with Crippen molar-refractivity contribution in [1.29, 1.82) is 0 Å². The van der Waals surface area contributed by atoms with Crippen LogP contribution in [0.3, 0.4) is 0 Å². The van der Waals surface area contributed by atoms with Crippen molar-refractivity contribution in [1.82, 2.24) is 4.90 Å². The van der Waals surface area contributed by atoms with Crippen LogP contribution in [0.5, 0.6) is 0 Å². The average Bonchev–Trinajstić information content (AvgIpc) is 2.28. The summed E-state index contributed by atoms with van der Waals surface area (Å²) < 4.78 is 18.5. The van der Waals surface area contributed by atoms with Crippen LogP contribution in [0.1, 0.15) is 24.2 Å². The van der Waals surface area contributed by atoms with Crippen molar-refractivity contribution in [2.45, 2.75) is 25.9 Å². The zero-order valence-electron chi connectivity index (χ0n) is 10.0. The Morgan fingerprint density at radius 1 is 1.35 bits per heavy atom. The summed E-state index contributed by atoms with van der Waals surface area (Å²) in [4.78, 5) is 14.0. The summed E-state index contributed by atoms with van der Waals surface area (Å²) in [6.45, 7) is 4.94. The van der Waals surface area contributed by atoms with E-state index >= 15 is 0 Å². The summed E-state index contributed by atoms with van der Waals surface area (Å²) >= 11 is 0. The smallest absolute Gasteiger partial charge is 0.254 e. The van der Waals surface area contributed by atoms with Gasteiger partial charge in [0.1, 0.15) is 5.82 Å². The molecule has 0 unspecified atom stereocenters. The van der Waals surface area contributed by atoms with Crippen LogP contribution >= 0.6 is 0 Å². The Kier molecular flexibility index (Phi) is 3.43. The number of halogens is 1. The Bertz CT molecular complexity index is 412. The minimum atomic E-state index is -0.385. The lowest BCUT2D eigenvalue weighted by atomic mass is 10.1. The van der Waals surface area contributed by atoms with Crippen LogP contribution in [0.25, 0.3) is 0 Å². The van der Waals surface area contributed by atoms with Crippen molar-refractivity contribution in [3.8, 4) is 0 Å². The molecule has 2 rings (SSSR count). The molecule has 1 aromatic carbocycles. The summed E-state index contributed by atoms with van der Waals surface area (Å²) in [5, 5.41) is 0. The van der Waals surface area contributed by atoms with Gasteiger partial charge in [-0.05, 0) is 32.0 Å². The van der Waals surface area contributed by atoms with E-state index in [0.717, 1.165) is 0 Å². The van der Waals surface area contributed by atoms with Gasteiger partial charge in [-0.1, -0.05) is 6.07 Å². The van der Waals surface area contributed by atoms with Gasteiger partial charge >= 0.3 is 0 Å². The number of carbonyl (C=O) groups excluding carboxylic acids is 1. The third-order valence-corrected chi connectivity index (χ3v) is 2.97. The van der Waals surface area contributed by atoms with Crippen LogP contribution in [-0.2, 0) is 4.74 Å². The molecule has 92 valence electrons. The Hall–Kier alpha value is -1.42. The monoisotopic (exact) mass is 237 g/mol. The first-order valence-corrected chi connectivity index (χ1v) is 5.75. The Morgan fingerprint density at radius 3 is 2.59 bits per heavy atom. The quantitative estimate of drug-likeness (QED) is 0.748. The molecule has 1 aliphatic rings. The molecular weight excluding hydrogens is 221 g/mol. The second-order valence-corrected chi connectivity index (χ2v) is 4.46. The van der Waals surface area contributed by atoms with Gasteiger partial charge in [-0.3, -0.25) is 4.79 Å². The maximum absolute atomic E-state index is 13.1. The lowest BCUT2D eigenvalue weighted by Gasteiger charge is -2.38. The molecule has 0 N–H and O–H groups in total. The van der Waals surface area contributed by atoms with Crippen LogP contribution in [0.4, 0.5) is 4.39 Å². The van der Waals surface area contributed by atoms with Crippen molar-refractivity contribution in [2.24, 2.45) is 0 Å². The van der Waals surface area contributed by atoms with E-state index in [1.54, 1.807) is 17.0 Å². The van der Waals surface area contributed by atoms with Crippen LogP contribution in [0, 0.1) is 5.82 Å². The van der Waals surface area contributed by atoms with Crippen LogP contribution in [0.2, 0.25) is 0 Å². The highest BCUT2D eigenvalue weighted by atomic mass is 19.1. The number of ether oxygens (including phenoxy) is 1. The van der Waals surface area contributed by atoms with Gasteiger partial charge in [0.05, 0.1) is 25.3 Å². The maximum Gasteiger partial charge on any atom is 0.254 e. The van der Waals surface area contributed by atoms with Gasteiger partial charge in [-0.25, -0.2) is 4.39 Å². The lowest BCUT2D eigenvalue weighted by molar-refractivity contribution is -0.0249. The first kappa shape index (κ1) is 12.0. The SMILES string of the molecule is C[C@@H]1COC[C@H](C)N1C(=O)c1cccc(F)c1. The largest absolute Gasteiger partial charge is 0.377 e. The molecule has 0 aromatic heterocycles. The molecule has 17 heavy (non-hydrogen) atoms.